The standard InChI is InChI=1S/C19H22N2O3/c1-14-6-2-3-7-15(14)13-24-19(23)10-11-21-17-9-5-4-8-16(17)18(22)12-20-21/h2-5,8-9,12,14-15H,6-7,10-11,13H2,1H3. The highest BCUT2D eigenvalue weighted by molar-refractivity contribution is 5.78. The molecule has 24 heavy (non-hydrogen) atoms. The highest BCUT2D eigenvalue weighted by atomic mass is 16.5. The summed E-state index contributed by atoms with van der Waals surface area (Å²) < 4.78 is 7.12. The Kier molecular flexibility index (Phi) is 5.08. The van der Waals surface area contributed by atoms with E-state index in [1.165, 1.54) is 6.20 Å². The van der Waals surface area contributed by atoms with Crippen molar-refractivity contribution in [1.82, 2.24) is 9.78 Å². The number of rotatable bonds is 5. The van der Waals surface area contributed by atoms with Crippen LogP contribution in [-0.2, 0) is 16.1 Å². The second-order valence-corrected chi connectivity index (χ2v) is 6.36. The average molecular weight is 326 g/mol. The molecule has 0 saturated carbocycles. The number of esters is 1. The number of ether oxygens (including phenoxy) is 1. The Labute approximate surface area is 140 Å². The molecule has 2 aromatic rings. The molecule has 0 amide bonds. The van der Waals surface area contributed by atoms with Gasteiger partial charge in [-0.3, -0.25) is 14.3 Å². The van der Waals surface area contributed by atoms with Crippen LogP contribution in [0.4, 0.5) is 0 Å². The number of hydrogen-bond acceptors (Lipinski definition) is 4. The van der Waals surface area contributed by atoms with E-state index in [4.69, 9.17) is 4.74 Å². The summed E-state index contributed by atoms with van der Waals surface area (Å²) in [7, 11) is 0. The summed E-state index contributed by atoms with van der Waals surface area (Å²) in [6.45, 7) is 3.07. The molecule has 0 N–H and O–H groups in total. The number of carbonyl (C=O) groups excluding carboxylic acids is 1. The van der Waals surface area contributed by atoms with Gasteiger partial charge >= 0.3 is 5.97 Å². The van der Waals surface area contributed by atoms with E-state index in [1.807, 2.05) is 18.2 Å². The van der Waals surface area contributed by atoms with Gasteiger partial charge in [0, 0.05) is 5.39 Å². The molecule has 0 spiro atoms. The first-order chi connectivity index (χ1) is 11.6. The number of fused-ring (bicyclic) bond motifs is 1. The number of aryl methyl sites for hydroxylation is 1. The highest BCUT2D eigenvalue weighted by Crippen LogP contribution is 2.25. The Morgan fingerprint density at radius 1 is 1.29 bits per heavy atom. The highest BCUT2D eigenvalue weighted by Gasteiger charge is 2.20. The molecule has 5 nitrogen and oxygen atoms in total. The van der Waals surface area contributed by atoms with E-state index in [2.05, 4.69) is 24.2 Å². The lowest BCUT2D eigenvalue weighted by Crippen LogP contribution is -2.22. The molecule has 2 atom stereocenters. The molecule has 1 aliphatic rings. The van der Waals surface area contributed by atoms with Gasteiger partial charge in [-0.15, -0.1) is 0 Å². The lowest BCUT2D eigenvalue weighted by Gasteiger charge is -2.24. The van der Waals surface area contributed by atoms with Crippen molar-refractivity contribution in [2.24, 2.45) is 11.8 Å². The SMILES string of the molecule is CC1CC=CCC1COC(=O)CCn1ncc(=O)c2ccccc21. The molecule has 0 radical (unpaired) electrons. The zero-order valence-electron chi connectivity index (χ0n) is 13.9. The summed E-state index contributed by atoms with van der Waals surface area (Å²) in [6.07, 6.45) is 7.92. The number of allylic oxidation sites excluding steroid dienone is 2. The van der Waals surface area contributed by atoms with Crippen LogP contribution in [0.5, 0.6) is 0 Å². The Balaban J connectivity index is 1.58. The Bertz CT molecular complexity index is 810. The van der Waals surface area contributed by atoms with Gasteiger partial charge in [-0.05, 0) is 36.8 Å². The minimum absolute atomic E-state index is 0.108. The zero-order chi connectivity index (χ0) is 16.9. The van der Waals surface area contributed by atoms with Crippen molar-refractivity contribution in [3.8, 4) is 0 Å². The Hall–Kier alpha value is -2.43. The van der Waals surface area contributed by atoms with Crippen molar-refractivity contribution >= 4 is 16.9 Å². The van der Waals surface area contributed by atoms with E-state index in [0.29, 0.717) is 30.4 Å². The number of para-hydroxylation sites is 1. The third-order valence-corrected chi connectivity index (χ3v) is 4.67. The molecule has 2 unspecified atom stereocenters. The molecule has 0 fully saturated rings. The number of hydrogen-bond donors (Lipinski definition) is 0. The van der Waals surface area contributed by atoms with Crippen LogP contribution in [0.3, 0.4) is 0 Å². The van der Waals surface area contributed by atoms with Crippen LogP contribution >= 0.6 is 0 Å². The van der Waals surface area contributed by atoms with Gasteiger partial charge in [0.05, 0.1) is 31.3 Å². The molecular formula is C19H22N2O3. The van der Waals surface area contributed by atoms with E-state index >= 15 is 0 Å². The minimum atomic E-state index is -0.221. The van der Waals surface area contributed by atoms with E-state index in [-0.39, 0.29) is 17.8 Å². The third-order valence-electron chi connectivity index (χ3n) is 4.67. The van der Waals surface area contributed by atoms with Crippen molar-refractivity contribution in [1.29, 1.82) is 0 Å². The lowest BCUT2D eigenvalue weighted by atomic mass is 9.85. The summed E-state index contributed by atoms with van der Waals surface area (Å²) in [5, 5.41) is 4.74. The molecule has 126 valence electrons. The normalized spacial score (nSPS) is 20.2. The molecule has 5 heteroatoms. The van der Waals surface area contributed by atoms with Gasteiger partial charge in [0.25, 0.3) is 0 Å². The topological polar surface area (TPSA) is 61.2 Å². The molecule has 1 aromatic heterocycles. The van der Waals surface area contributed by atoms with Crippen LogP contribution in [0.1, 0.15) is 26.2 Å². The van der Waals surface area contributed by atoms with Crippen molar-refractivity contribution in [3.05, 3.63) is 52.8 Å². The largest absolute Gasteiger partial charge is 0.465 e. The third kappa shape index (κ3) is 3.72. The average Bonchev–Trinajstić information content (AvgIpc) is 2.61. The van der Waals surface area contributed by atoms with E-state index in [0.717, 1.165) is 18.4 Å². The maximum Gasteiger partial charge on any atom is 0.307 e. The predicted octanol–water partition coefficient (Wildman–Crippen LogP) is 2.93. The second-order valence-electron chi connectivity index (χ2n) is 6.36. The number of carbonyl (C=O) groups is 1. The van der Waals surface area contributed by atoms with Crippen LogP contribution in [0.15, 0.2) is 47.4 Å². The predicted molar refractivity (Wildman–Crippen MR) is 92.6 cm³/mol. The van der Waals surface area contributed by atoms with Gasteiger partial charge in [-0.25, -0.2) is 0 Å². The Morgan fingerprint density at radius 2 is 2.08 bits per heavy atom. The molecule has 0 aliphatic heterocycles. The fourth-order valence-corrected chi connectivity index (χ4v) is 3.05. The van der Waals surface area contributed by atoms with E-state index in [9.17, 15) is 9.59 Å². The molecule has 0 saturated heterocycles. The molecule has 3 rings (SSSR count). The fourth-order valence-electron chi connectivity index (χ4n) is 3.05. The smallest absolute Gasteiger partial charge is 0.307 e. The van der Waals surface area contributed by atoms with Crippen LogP contribution in [0, 0.1) is 11.8 Å². The Morgan fingerprint density at radius 3 is 2.92 bits per heavy atom. The van der Waals surface area contributed by atoms with Gasteiger partial charge < -0.3 is 4.74 Å². The zero-order valence-corrected chi connectivity index (χ0v) is 13.9. The maximum atomic E-state index is 12.0. The van der Waals surface area contributed by atoms with Crippen LogP contribution in [-0.4, -0.2) is 22.4 Å². The van der Waals surface area contributed by atoms with E-state index < -0.39 is 0 Å². The fraction of sp³-hybridized carbons (Fsp3) is 0.421. The van der Waals surface area contributed by atoms with Crippen molar-refractivity contribution in [2.45, 2.75) is 32.7 Å². The molecule has 1 aliphatic carbocycles. The minimum Gasteiger partial charge on any atom is -0.465 e. The molecule has 1 heterocycles. The molecule has 1 aromatic carbocycles. The monoisotopic (exact) mass is 326 g/mol. The van der Waals surface area contributed by atoms with Crippen LogP contribution < -0.4 is 5.43 Å². The van der Waals surface area contributed by atoms with Crippen molar-refractivity contribution < 1.29 is 9.53 Å². The van der Waals surface area contributed by atoms with Crippen molar-refractivity contribution in [3.63, 3.8) is 0 Å². The van der Waals surface area contributed by atoms with Gasteiger partial charge in [-0.1, -0.05) is 31.2 Å². The van der Waals surface area contributed by atoms with Crippen LogP contribution in [0.25, 0.3) is 10.9 Å². The first kappa shape index (κ1) is 16.4. The first-order valence-corrected chi connectivity index (χ1v) is 8.40. The summed E-state index contributed by atoms with van der Waals surface area (Å²) in [4.78, 5) is 23.8. The molecular weight excluding hydrogens is 304 g/mol. The van der Waals surface area contributed by atoms with Crippen molar-refractivity contribution in [2.75, 3.05) is 6.61 Å². The second kappa shape index (κ2) is 7.43. The summed E-state index contributed by atoms with van der Waals surface area (Å²) in [5.41, 5.74) is 0.632. The van der Waals surface area contributed by atoms with Gasteiger partial charge in [0.15, 0.2) is 0 Å². The summed E-state index contributed by atoms with van der Waals surface area (Å²) >= 11 is 0. The summed E-state index contributed by atoms with van der Waals surface area (Å²) in [5.74, 6) is 0.735. The molecule has 0 bridgehead atoms. The number of aromatic nitrogens is 2. The van der Waals surface area contributed by atoms with Gasteiger partial charge in [0.2, 0.25) is 5.43 Å². The maximum absolute atomic E-state index is 12.0. The van der Waals surface area contributed by atoms with Gasteiger partial charge in [-0.2, -0.15) is 5.10 Å². The number of benzene rings is 1. The lowest BCUT2D eigenvalue weighted by molar-refractivity contribution is -0.145. The van der Waals surface area contributed by atoms with E-state index in [1.54, 1.807) is 10.7 Å². The van der Waals surface area contributed by atoms with Gasteiger partial charge in [0.1, 0.15) is 0 Å². The quantitative estimate of drug-likeness (QED) is 0.626. The van der Waals surface area contributed by atoms with Crippen LogP contribution in [0.2, 0.25) is 0 Å². The number of nitrogens with zero attached hydrogens (tertiary/aromatic N) is 2. The summed E-state index contributed by atoms with van der Waals surface area (Å²) in [6, 6.07) is 7.29. The first-order valence-electron chi connectivity index (χ1n) is 8.40.